The van der Waals surface area contributed by atoms with Crippen LogP contribution in [-0.2, 0) is 13.2 Å². The van der Waals surface area contributed by atoms with E-state index in [1.807, 2.05) is 12.1 Å². The van der Waals surface area contributed by atoms with Gasteiger partial charge in [-0.3, -0.25) is 0 Å². The Bertz CT molecular complexity index is 547. The van der Waals surface area contributed by atoms with Crippen molar-refractivity contribution in [1.82, 2.24) is 0 Å². The number of rotatable bonds is 4. The number of halogens is 3. The Morgan fingerprint density at radius 1 is 1.00 bits per heavy atom. The summed E-state index contributed by atoms with van der Waals surface area (Å²) in [6, 6.07) is 9.34. The maximum atomic E-state index is 13.6. The molecule has 0 saturated carbocycles. The number of benzene rings is 2. The van der Waals surface area contributed by atoms with Gasteiger partial charge in [-0.2, -0.15) is 0 Å². The second-order valence-electron chi connectivity index (χ2n) is 3.96. The van der Waals surface area contributed by atoms with Crippen molar-refractivity contribution < 1.29 is 18.6 Å². The van der Waals surface area contributed by atoms with E-state index in [0.717, 1.165) is 22.2 Å². The predicted octanol–water partition coefficient (Wildman–Crippen LogP) is 3.80. The Balaban J connectivity index is 2.13. The van der Waals surface area contributed by atoms with E-state index in [4.69, 9.17) is 9.84 Å². The van der Waals surface area contributed by atoms with Gasteiger partial charge in [0.1, 0.15) is 6.61 Å². The maximum absolute atomic E-state index is 13.6. The summed E-state index contributed by atoms with van der Waals surface area (Å²) in [5.74, 6) is -2.07. The van der Waals surface area contributed by atoms with Gasteiger partial charge in [-0.25, -0.2) is 8.78 Å². The Labute approximate surface area is 117 Å². The molecule has 0 spiro atoms. The van der Waals surface area contributed by atoms with Crippen LogP contribution in [0.15, 0.2) is 40.9 Å². The van der Waals surface area contributed by atoms with Crippen LogP contribution in [0, 0.1) is 11.6 Å². The van der Waals surface area contributed by atoms with Gasteiger partial charge in [-0.15, -0.1) is 0 Å². The van der Waals surface area contributed by atoms with Crippen molar-refractivity contribution in [3.05, 3.63) is 63.6 Å². The van der Waals surface area contributed by atoms with Gasteiger partial charge < -0.3 is 9.84 Å². The molecular formula is C14H11BrF2O2. The van der Waals surface area contributed by atoms with E-state index in [-0.39, 0.29) is 12.2 Å². The molecule has 0 aliphatic carbocycles. The van der Waals surface area contributed by atoms with Crippen LogP contribution in [0.4, 0.5) is 8.78 Å². The summed E-state index contributed by atoms with van der Waals surface area (Å²) in [7, 11) is 0. The second kappa shape index (κ2) is 6.12. The molecule has 2 aromatic carbocycles. The topological polar surface area (TPSA) is 29.5 Å². The fraction of sp³-hybridized carbons (Fsp3) is 0.143. The number of hydrogen-bond acceptors (Lipinski definition) is 2. The summed E-state index contributed by atoms with van der Waals surface area (Å²) >= 11 is 3.30. The zero-order chi connectivity index (χ0) is 13.8. The highest BCUT2D eigenvalue weighted by atomic mass is 79.9. The molecule has 2 nitrogen and oxygen atoms in total. The molecule has 0 radical (unpaired) electrons. The van der Waals surface area contributed by atoms with Gasteiger partial charge in [0.15, 0.2) is 17.4 Å². The molecular weight excluding hydrogens is 318 g/mol. The normalized spacial score (nSPS) is 10.5. The molecule has 0 aliphatic heterocycles. The highest BCUT2D eigenvalue weighted by Crippen LogP contribution is 2.24. The number of aliphatic hydroxyl groups excluding tert-OH is 1. The van der Waals surface area contributed by atoms with Gasteiger partial charge in [0.25, 0.3) is 0 Å². The molecule has 0 aliphatic rings. The molecule has 0 amide bonds. The van der Waals surface area contributed by atoms with Crippen LogP contribution in [0.25, 0.3) is 0 Å². The first-order valence-corrected chi connectivity index (χ1v) is 6.35. The van der Waals surface area contributed by atoms with E-state index in [2.05, 4.69) is 15.9 Å². The lowest BCUT2D eigenvalue weighted by Gasteiger charge is -2.09. The summed E-state index contributed by atoms with van der Waals surface area (Å²) in [6.45, 7) is -0.347. The van der Waals surface area contributed by atoms with Crippen molar-refractivity contribution in [1.29, 1.82) is 0 Å². The average Bonchev–Trinajstić information content (AvgIpc) is 2.39. The first-order valence-electron chi connectivity index (χ1n) is 5.56. The van der Waals surface area contributed by atoms with Crippen LogP contribution < -0.4 is 4.74 Å². The summed E-state index contributed by atoms with van der Waals surface area (Å²) in [4.78, 5) is 0. The molecule has 0 bridgehead atoms. The monoisotopic (exact) mass is 328 g/mol. The summed E-state index contributed by atoms with van der Waals surface area (Å²) in [5.41, 5.74) is 0.972. The van der Waals surface area contributed by atoms with E-state index in [0.29, 0.717) is 0 Å². The van der Waals surface area contributed by atoms with Crippen LogP contribution in [0.3, 0.4) is 0 Å². The molecule has 0 heterocycles. The molecule has 2 aromatic rings. The fourth-order valence-corrected chi connectivity index (χ4v) is 1.84. The van der Waals surface area contributed by atoms with Gasteiger partial charge >= 0.3 is 0 Å². The van der Waals surface area contributed by atoms with Gasteiger partial charge in [-0.05, 0) is 35.4 Å². The van der Waals surface area contributed by atoms with Crippen molar-refractivity contribution in [3.63, 3.8) is 0 Å². The minimum atomic E-state index is -0.818. The lowest BCUT2D eigenvalue weighted by atomic mass is 10.2. The zero-order valence-corrected chi connectivity index (χ0v) is 11.5. The SMILES string of the molecule is OCc1cc(F)c(OCc2ccc(Br)cc2)c(F)c1. The van der Waals surface area contributed by atoms with Gasteiger partial charge in [0.2, 0.25) is 0 Å². The number of hydrogen-bond donors (Lipinski definition) is 1. The van der Waals surface area contributed by atoms with Crippen molar-refractivity contribution in [2.45, 2.75) is 13.2 Å². The third-order valence-electron chi connectivity index (χ3n) is 2.54. The maximum Gasteiger partial charge on any atom is 0.191 e. The van der Waals surface area contributed by atoms with E-state index >= 15 is 0 Å². The third-order valence-corrected chi connectivity index (χ3v) is 3.07. The van der Waals surface area contributed by atoms with Gasteiger partial charge in [-0.1, -0.05) is 28.1 Å². The summed E-state index contributed by atoms with van der Waals surface area (Å²) < 4.78 is 33.2. The average molecular weight is 329 g/mol. The molecule has 2 rings (SSSR count). The quantitative estimate of drug-likeness (QED) is 0.925. The van der Waals surface area contributed by atoms with Crippen LogP contribution in [0.2, 0.25) is 0 Å². The lowest BCUT2D eigenvalue weighted by molar-refractivity contribution is 0.266. The third kappa shape index (κ3) is 3.52. The van der Waals surface area contributed by atoms with Crippen LogP contribution in [0.5, 0.6) is 5.75 Å². The van der Waals surface area contributed by atoms with Crippen molar-refractivity contribution >= 4 is 15.9 Å². The summed E-state index contributed by atoms with van der Waals surface area (Å²) in [5, 5.41) is 8.83. The number of ether oxygens (including phenoxy) is 1. The van der Waals surface area contributed by atoms with Crippen LogP contribution >= 0.6 is 15.9 Å². The zero-order valence-electron chi connectivity index (χ0n) is 9.87. The molecule has 5 heteroatoms. The van der Waals surface area contributed by atoms with Gasteiger partial charge in [0.05, 0.1) is 6.61 Å². The number of aliphatic hydroxyl groups is 1. The van der Waals surface area contributed by atoms with Crippen molar-refractivity contribution in [2.24, 2.45) is 0 Å². The largest absolute Gasteiger partial charge is 0.483 e. The minimum Gasteiger partial charge on any atom is -0.483 e. The molecule has 0 aromatic heterocycles. The highest BCUT2D eigenvalue weighted by molar-refractivity contribution is 9.10. The highest BCUT2D eigenvalue weighted by Gasteiger charge is 2.12. The molecule has 0 unspecified atom stereocenters. The van der Waals surface area contributed by atoms with Crippen LogP contribution in [0.1, 0.15) is 11.1 Å². The second-order valence-corrected chi connectivity index (χ2v) is 4.88. The fourth-order valence-electron chi connectivity index (χ4n) is 1.58. The molecule has 19 heavy (non-hydrogen) atoms. The Kier molecular flexibility index (Phi) is 4.50. The Hall–Kier alpha value is -1.46. The van der Waals surface area contributed by atoms with E-state index in [9.17, 15) is 8.78 Å². The van der Waals surface area contributed by atoms with E-state index in [1.54, 1.807) is 12.1 Å². The standard InChI is InChI=1S/C14H11BrF2O2/c15-11-3-1-9(2-4-11)8-19-14-12(16)5-10(7-18)6-13(14)17/h1-6,18H,7-8H2. The Morgan fingerprint density at radius 3 is 2.11 bits per heavy atom. The van der Waals surface area contributed by atoms with Crippen LogP contribution in [-0.4, -0.2) is 5.11 Å². The predicted molar refractivity (Wildman–Crippen MR) is 70.8 cm³/mol. The van der Waals surface area contributed by atoms with E-state index in [1.165, 1.54) is 0 Å². The molecule has 0 fully saturated rings. The molecule has 0 saturated heterocycles. The Morgan fingerprint density at radius 2 is 1.58 bits per heavy atom. The first-order chi connectivity index (χ1) is 9.10. The molecule has 1 N–H and O–H groups in total. The molecule has 0 atom stereocenters. The minimum absolute atomic E-state index is 0.0690. The summed E-state index contributed by atoms with van der Waals surface area (Å²) in [6.07, 6.45) is 0. The first kappa shape index (κ1) is 14.0. The van der Waals surface area contributed by atoms with Gasteiger partial charge in [0, 0.05) is 4.47 Å². The lowest BCUT2D eigenvalue weighted by Crippen LogP contribution is -2.01. The van der Waals surface area contributed by atoms with Crippen molar-refractivity contribution in [3.8, 4) is 5.75 Å². The molecule has 100 valence electrons. The smallest absolute Gasteiger partial charge is 0.191 e. The van der Waals surface area contributed by atoms with Crippen molar-refractivity contribution in [2.75, 3.05) is 0 Å². The van der Waals surface area contributed by atoms with E-state index < -0.39 is 24.0 Å².